The first-order valence-electron chi connectivity index (χ1n) is 6.86. The van der Waals surface area contributed by atoms with Crippen molar-refractivity contribution in [2.24, 2.45) is 17.6 Å². The Morgan fingerprint density at radius 3 is 2.44 bits per heavy atom. The number of nitrogens with two attached hydrogens (primary N) is 1. The summed E-state index contributed by atoms with van der Waals surface area (Å²) >= 11 is 0. The number of nitrogens with zero attached hydrogens (tertiary/aromatic N) is 2. The topological polar surface area (TPSA) is 64.9 Å². The molecule has 1 aromatic heterocycles. The first kappa shape index (κ1) is 13.5. The van der Waals surface area contributed by atoms with Crippen LogP contribution in [-0.2, 0) is 11.0 Å². The fourth-order valence-corrected chi connectivity index (χ4v) is 2.58. The van der Waals surface area contributed by atoms with Crippen molar-refractivity contribution in [2.45, 2.75) is 64.8 Å². The highest BCUT2D eigenvalue weighted by atomic mass is 16.5. The van der Waals surface area contributed by atoms with Gasteiger partial charge in [0.25, 0.3) is 0 Å². The average molecular weight is 251 g/mol. The lowest BCUT2D eigenvalue weighted by atomic mass is 9.71. The van der Waals surface area contributed by atoms with E-state index in [0.717, 1.165) is 25.2 Å². The summed E-state index contributed by atoms with van der Waals surface area (Å²) in [6, 6.07) is 0. The average Bonchev–Trinajstić information content (AvgIpc) is 2.73. The molecule has 2 rings (SSSR count). The van der Waals surface area contributed by atoms with E-state index < -0.39 is 5.54 Å². The molecule has 1 saturated carbocycles. The third-order valence-corrected chi connectivity index (χ3v) is 4.22. The second kappa shape index (κ2) is 4.34. The Balaban J connectivity index is 2.23. The van der Waals surface area contributed by atoms with Gasteiger partial charge in [0, 0.05) is 5.41 Å². The fraction of sp³-hybridized carbons (Fsp3) is 0.857. The minimum Gasteiger partial charge on any atom is -0.339 e. The number of aromatic nitrogens is 2. The van der Waals surface area contributed by atoms with Crippen LogP contribution in [-0.4, -0.2) is 10.1 Å². The second-order valence-electron chi connectivity index (χ2n) is 7.03. The molecule has 1 aromatic rings. The lowest BCUT2D eigenvalue weighted by Gasteiger charge is -2.37. The zero-order valence-electron chi connectivity index (χ0n) is 12.2. The molecule has 0 spiro atoms. The Labute approximate surface area is 109 Å². The minimum atomic E-state index is -0.404. The Kier molecular flexibility index (Phi) is 3.26. The van der Waals surface area contributed by atoms with E-state index in [0.29, 0.717) is 17.6 Å². The molecule has 0 aliphatic heterocycles. The number of rotatable bonds is 1. The van der Waals surface area contributed by atoms with E-state index in [2.05, 4.69) is 44.8 Å². The van der Waals surface area contributed by atoms with Crippen LogP contribution in [0.1, 0.15) is 65.6 Å². The molecule has 102 valence electrons. The van der Waals surface area contributed by atoms with Gasteiger partial charge in [-0.3, -0.25) is 0 Å². The molecule has 2 N–H and O–H groups in total. The summed E-state index contributed by atoms with van der Waals surface area (Å²) in [6.45, 7) is 10.8. The molecule has 4 nitrogen and oxygen atoms in total. The van der Waals surface area contributed by atoms with Crippen LogP contribution in [0.3, 0.4) is 0 Å². The van der Waals surface area contributed by atoms with E-state index in [1.165, 1.54) is 0 Å². The molecule has 1 aliphatic carbocycles. The first-order chi connectivity index (χ1) is 8.22. The van der Waals surface area contributed by atoms with Gasteiger partial charge in [0.15, 0.2) is 5.82 Å². The van der Waals surface area contributed by atoms with Crippen LogP contribution >= 0.6 is 0 Å². The maximum atomic E-state index is 6.50. The van der Waals surface area contributed by atoms with Crippen molar-refractivity contribution < 1.29 is 4.52 Å². The minimum absolute atomic E-state index is 0.116. The molecule has 0 radical (unpaired) electrons. The second-order valence-corrected chi connectivity index (χ2v) is 7.03. The molecule has 0 aromatic carbocycles. The Bertz CT molecular complexity index is 421. The van der Waals surface area contributed by atoms with E-state index in [1.54, 1.807) is 0 Å². The van der Waals surface area contributed by atoms with Crippen molar-refractivity contribution in [1.82, 2.24) is 10.1 Å². The van der Waals surface area contributed by atoms with Crippen molar-refractivity contribution >= 4 is 0 Å². The Hall–Kier alpha value is -0.900. The molecule has 0 bridgehead atoms. The van der Waals surface area contributed by atoms with Gasteiger partial charge in [0.2, 0.25) is 5.89 Å². The molecule has 3 atom stereocenters. The van der Waals surface area contributed by atoms with Crippen LogP contribution in [0.5, 0.6) is 0 Å². The van der Waals surface area contributed by atoms with Crippen LogP contribution in [0, 0.1) is 11.8 Å². The summed E-state index contributed by atoms with van der Waals surface area (Å²) in [7, 11) is 0. The van der Waals surface area contributed by atoms with Crippen LogP contribution in [0.4, 0.5) is 0 Å². The van der Waals surface area contributed by atoms with E-state index in [9.17, 15) is 0 Å². The van der Waals surface area contributed by atoms with E-state index in [1.807, 2.05) is 0 Å². The van der Waals surface area contributed by atoms with Gasteiger partial charge in [0.05, 0.1) is 5.54 Å². The molecule has 1 fully saturated rings. The van der Waals surface area contributed by atoms with Crippen molar-refractivity contribution in [3.63, 3.8) is 0 Å². The van der Waals surface area contributed by atoms with E-state index in [4.69, 9.17) is 10.3 Å². The molecular formula is C14H25N3O. The molecule has 4 heteroatoms. The molecule has 1 aliphatic rings. The van der Waals surface area contributed by atoms with Gasteiger partial charge in [-0.05, 0) is 31.1 Å². The molecular weight excluding hydrogens is 226 g/mol. The highest BCUT2D eigenvalue weighted by molar-refractivity contribution is 5.09. The summed E-state index contributed by atoms with van der Waals surface area (Å²) in [5, 5.41) is 4.13. The first-order valence-corrected chi connectivity index (χ1v) is 6.86. The smallest absolute Gasteiger partial charge is 0.232 e. The molecule has 0 saturated heterocycles. The quantitative estimate of drug-likeness (QED) is 0.833. The van der Waals surface area contributed by atoms with Gasteiger partial charge in [-0.2, -0.15) is 4.98 Å². The normalized spacial score (nSPS) is 33.7. The fourth-order valence-electron chi connectivity index (χ4n) is 2.58. The maximum absolute atomic E-state index is 6.50. The monoisotopic (exact) mass is 251 g/mol. The van der Waals surface area contributed by atoms with Gasteiger partial charge in [-0.15, -0.1) is 0 Å². The standard InChI is InChI=1S/C14H25N3O/c1-9-6-7-14(15,8-10(9)2)11-16-12(18-17-11)13(3,4)5/h9-10H,6-8,15H2,1-5H3. The van der Waals surface area contributed by atoms with Gasteiger partial charge < -0.3 is 10.3 Å². The van der Waals surface area contributed by atoms with E-state index >= 15 is 0 Å². The SMILES string of the molecule is CC1CCC(N)(c2noc(C(C)(C)C)n2)CC1C. The van der Waals surface area contributed by atoms with Crippen molar-refractivity contribution in [1.29, 1.82) is 0 Å². The summed E-state index contributed by atoms with van der Waals surface area (Å²) in [6.07, 6.45) is 3.02. The van der Waals surface area contributed by atoms with Gasteiger partial charge >= 0.3 is 0 Å². The van der Waals surface area contributed by atoms with Crippen LogP contribution < -0.4 is 5.73 Å². The lowest BCUT2D eigenvalue weighted by Crippen LogP contribution is -2.44. The van der Waals surface area contributed by atoms with Gasteiger partial charge in [0.1, 0.15) is 0 Å². The third kappa shape index (κ3) is 2.44. The predicted molar refractivity (Wildman–Crippen MR) is 71.0 cm³/mol. The molecule has 3 unspecified atom stereocenters. The zero-order valence-corrected chi connectivity index (χ0v) is 12.2. The van der Waals surface area contributed by atoms with Crippen molar-refractivity contribution in [2.75, 3.05) is 0 Å². The van der Waals surface area contributed by atoms with Crippen LogP contribution in [0.15, 0.2) is 4.52 Å². The van der Waals surface area contributed by atoms with Gasteiger partial charge in [-0.25, -0.2) is 0 Å². The lowest BCUT2D eigenvalue weighted by molar-refractivity contribution is 0.166. The number of hydrogen-bond donors (Lipinski definition) is 1. The highest BCUT2D eigenvalue weighted by Gasteiger charge is 2.40. The number of hydrogen-bond acceptors (Lipinski definition) is 4. The largest absolute Gasteiger partial charge is 0.339 e. The zero-order chi connectivity index (χ0) is 13.6. The van der Waals surface area contributed by atoms with Crippen LogP contribution in [0.25, 0.3) is 0 Å². The van der Waals surface area contributed by atoms with Crippen molar-refractivity contribution in [3.05, 3.63) is 11.7 Å². The Morgan fingerprint density at radius 2 is 1.94 bits per heavy atom. The summed E-state index contributed by atoms with van der Waals surface area (Å²) in [5.74, 6) is 2.70. The third-order valence-electron chi connectivity index (χ3n) is 4.22. The van der Waals surface area contributed by atoms with E-state index in [-0.39, 0.29) is 5.41 Å². The molecule has 18 heavy (non-hydrogen) atoms. The van der Waals surface area contributed by atoms with Gasteiger partial charge in [-0.1, -0.05) is 39.8 Å². The maximum Gasteiger partial charge on any atom is 0.232 e. The van der Waals surface area contributed by atoms with Crippen molar-refractivity contribution in [3.8, 4) is 0 Å². The Morgan fingerprint density at radius 1 is 1.28 bits per heavy atom. The highest BCUT2D eigenvalue weighted by Crippen LogP contribution is 2.40. The summed E-state index contributed by atoms with van der Waals surface area (Å²) < 4.78 is 5.37. The summed E-state index contributed by atoms with van der Waals surface area (Å²) in [4.78, 5) is 4.53. The molecule has 0 amide bonds. The van der Waals surface area contributed by atoms with Crippen LogP contribution in [0.2, 0.25) is 0 Å². The molecule has 1 heterocycles. The predicted octanol–water partition coefficient (Wildman–Crippen LogP) is 2.98. The summed E-state index contributed by atoms with van der Waals surface area (Å²) in [5.41, 5.74) is 5.98.